The van der Waals surface area contributed by atoms with Gasteiger partial charge in [-0.25, -0.2) is 0 Å². The van der Waals surface area contributed by atoms with Crippen LogP contribution in [0.5, 0.6) is 17.2 Å². The first-order valence-corrected chi connectivity index (χ1v) is 8.91. The van der Waals surface area contributed by atoms with Gasteiger partial charge in [-0.05, 0) is 43.1 Å². The van der Waals surface area contributed by atoms with E-state index < -0.39 is 6.61 Å². The lowest BCUT2D eigenvalue weighted by atomic mass is 10.0. The molecule has 0 saturated heterocycles. The van der Waals surface area contributed by atoms with Gasteiger partial charge in [-0.2, -0.15) is 8.78 Å². The fourth-order valence-electron chi connectivity index (χ4n) is 3.55. The topological polar surface area (TPSA) is 64.1 Å². The largest absolute Gasteiger partial charge is 0.454 e. The van der Waals surface area contributed by atoms with E-state index in [0.29, 0.717) is 28.4 Å². The molecule has 3 aliphatic rings. The SMILES string of the molecule is CN=C(NCc1cc2c(cc1OC(F)F)OCO2)NCC1(C2CC2)CC1. The van der Waals surface area contributed by atoms with Crippen LogP contribution in [-0.4, -0.2) is 33.0 Å². The first-order chi connectivity index (χ1) is 12.6. The average molecular weight is 367 g/mol. The van der Waals surface area contributed by atoms with E-state index >= 15 is 0 Å². The van der Waals surface area contributed by atoms with Gasteiger partial charge in [0.05, 0.1) is 0 Å². The number of fused-ring (bicyclic) bond motifs is 1. The number of alkyl halides is 2. The molecule has 1 heterocycles. The maximum absolute atomic E-state index is 12.7. The van der Waals surface area contributed by atoms with Crippen LogP contribution in [0.2, 0.25) is 0 Å². The Bertz CT molecular complexity index is 703. The first-order valence-electron chi connectivity index (χ1n) is 8.91. The second-order valence-corrected chi connectivity index (χ2v) is 7.11. The number of aliphatic imine (C=N–C) groups is 1. The normalized spacial score (nSPS) is 20.2. The molecule has 2 aliphatic carbocycles. The van der Waals surface area contributed by atoms with Crippen LogP contribution in [0.1, 0.15) is 31.2 Å². The zero-order chi connectivity index (χ0) is 18.1. The summed E-state index contributed by atoms with van der Waals surface area (Å²) in [5.74, 6) is 2.51. The molecule has 8 heteroatoms. The van der Waals surface area contributed by atoms with E-state index in [1.165, 1.54) is 31.7 Å². The van der Waals surface area contributed by atoms with E-state index in [1.807, 2.05) is 0 Å². The number of halogens is 2. The van der Waals surface area contributed by atoms with Crippen molar-refractivity contribution < 1.29 is 23.0 Å². The molecule has 6 nitrogen and oxygen atoms in total. The first kappa shape index (κ1) is 17.2. The van der Waals surface area contributed by atoms with Gasteiger partial charge in [-0.15, -0.1) is 0 Å². The number of hydrogen-bond donors (Lipinski definition) is 2. The van der Waals surface area contributed by atoms with Crippen LogP contribution in [0.3, 0.4) is 0 Å². The number of rotatable bonds is 7. The summed E-state index contributed by atoms with van der Waals surface area (Å²) < 4.78 is 40.6. The van der Waals surface area contributed by atoms with E-state index in [2.05, 4.69) is 20.4 Å². The molecule has 0 bridgehead atoms. The van der Waals surface area contributed by atoms with E-state index in [9.17, 15) is 8.78 Å². The van der Waals surface area contributed by atoms with Gasteiger partial charge >= 0.3 is 6.61 Å². The van der Waals surface area contributed by atoms with Crippen LogP contribution in [0, 0.1) is 11.3 Å². The highest BCUT2D eigenvalue weighted by molar-refractivity contribution is 5.79. The molecule has 1 aromatic carbocycles. The molecule has 2 saturated carbocycles. The van der Waals surface area contributed by atoms with Crippen molar-refractivity contribution in [3.63, 3.8) is 0 Å². The third-order valence-corrected chi connectivity index (χ3v) is 5.39. The van der Waals surface area contributed by atoms with Crippen molar-refractivity contribution in [3.8, 4) is 17.2 Å². The minimum absolute atomic E-state index is 0.0730. The molecule has 0 spiro atoms. The van der Waals surface area contributed by atoms with Crippen molar-refractivity contribution in [2.45, 2.75) is 38.8 Å². The van der Waals surface area contributed by atoms with Crippen molar-refractivity contribution in [2.24, 2.45) is 16.3 Å². The molecular weight excluding hydrogens is 344 g/mol. The van der Waals surface area contributed by atoms with Crippen molar-refractivity contribution in [2.75, 3.05) is 20.4 Å². The Morgan fingerprint density at radius 2 is 2.00 bits per heavy atom. The van der Waals surface area contributed by atoms with Crippen LogP contribution < -0.4 is 24.8 Å². The van der Waals surface area contributed by atoms with Gasteiger partial charge in [0.1, 0.15) is 5.75 Å². The summed E-state index contributed by atoms with van der Waals surface area (Å²) in [5.41, 5.74) is 1.00. The monoisotopic (exact) mass is 367 g/mol. The maximum atomic E-state index is 12.7. The molecule has 4 rings (SSSR count). The minimum Gasteiger partial charge on any atom is -0.454 e. The Hall–Kier alpha value is -2.25. The van der Waals surface area contributed by atoms with Crippen molar-refractivity contribution in [1.82, 2.24) is 10.6 Å². The van der Waals surface area contributed by atoms with Crippen LogP contribution in [-0.2, 0) is 6.54 Å². The van der Waals surface area contributed by atoms with Gasteiger partial charge in [-0.3, -0.25) is 4.99 Å². The zero-order valence-electron chi connectivity index (χ0n) is 14.7. The Balaban J connectivity index is 1.39. The Kier molecular flexibility index (Phi) is 4.50. The third kappa shape index (κ3) is 3.64. The third-order valence-electron chi connectivity index (χ3n) is 5.39. The molecule has 2 fully saturated rings. The second kappa shape index (κ2) is 6.81. The number of hydrogen-bond acceptors (Lipinski definition) is 4. The molecule has 0 unspecified atom stereocenters. The number of nitrogens with one attached hydrogen (secondary N) is 2. The molecule has 0 aromatic heterocycles. The highest BCUT2D eigenvalue weighted by atomic mass is 19.3. The summed E-state index contributed by atoms with van der Waals surface area (Å²) in [5, 5.41) is 6.54. The van der Waals surface area contributed by atoms with E-state index in [-0.39, 0.29) is 19.1 Å². The molecule has 1 aromatic rings. The number of ether oxygens (including phenoxy) is 3. The van der Waals surface area contributed by atoms with Gasteiger partial charge in [0.2, 0.25) is 6.79 Å². The fraction of sp³-hybridized carbons (Fsp3) is 0.611. The minimum atomic E-state index is -2.90. The molecule has 0 amide bonds. The van der Waals surface area contributed by atoms with Crippen molar-refractivity contribution in [1.29, 1.82) is 0 Å². The number of guanidine groups is 1. The lowest BCUT2D eigenvalue weighted by Crippen LogP contribution is -2.40. The summed E-state index contributed by atoms with van der Waals surface area (Å²) in [6.07, 6.45) is 5.21. The molecule has 0 radical (unpaired) electrons. The molecule has 142 valence electrons. The van der Waals surface area contributed by atoms with Crippen LogP contribution in [0.25, 0.3) is 0 Å². The Labute approximate surface area is 150 Å². The van der Waals surface area contributed by atoms with Gasteiger partial charge < -0.3 is 24.8 Å². The zero-order valence-corrected chi connectivity index (χ0v) is 14.7. The lowest BCUT2D eigenvalue weighted by molar-refractivity contribution is -0.0505. The summed E-state index contributed by atoms with van der Waals surface area (Å²) >= 11 is 0. The smallest absolute Gasteiger partial charge is 0.387 e. The van der Waals surface area contributed by atoms with E-state index in [0.717, 1.165) is 12.5 Å². The highest BCUT2D eigenvalue weighted by Gasteiger charge is 2.53. The predicted molar refractivity (Wildman–Crippen MR) is 91.8 cm³/mol. The number of nitrogens with zero attached hydrogens (tertiary/aromatic N) is 1. The van der Waals surface area contributed by atoms with E-state index in [4.69, 9.17) is 9.47 Å². The summed E-state index contributed by atoms with van der Waals surface area (Å²) in [7, 11) is 1.70. The second-order valence-electron chi connectivity index (χ2n) is 7.11. The fourth-order valence-corrected chi connectivity index (χ4v) is 3.55. The standard InChI is InChI=1S/C18H23F2N3O3/c1-21-17(23-9-18(4-5-18)12-2-3-12)22-8-11-6-14-15(25-10-24-14)7-13(11)26-16(19)20/h6-7,12,16H,2-5,8-10H2,1H3,(H2,21,22,23). The highest BCUT2D eigenvalue weighted by Crippen LogP contribution is 2.60. The Morgan fingerprint density at radius 1 is 1.27 bits per heavy atom. The molecule has 26 heavy (non-hydrogen) atoms. The van der Waals surface area contributed by atoms with Crippen LogP contribution in [0.4, 0.5) is 8.78 Å². The average Bonchev–Trinajstić information content (AvgIpc) is 3.52. The summed E-state index contributed by atoms with van der Waals surface area (Å²) in [4.78, 5) is 4.23. The van der Waals surface area contributed by atoms with Crippen molar-refractivity contribution >= 4 is 5.96 Å². The quantitative estimate of drug-likeness (QED) is 0.573. The Morgan fingerprint density at radius 3 is 2.62 bits per heavy atom. The van der Waals surface area contributed by atoms with Gasteiger partial charge in [0.25, 0.3) is 0 Å². The van der Waals surface area contributed by atoms with Crippen molar-refractivity contribution in [3.05, 3.63) is 17.7 Å². The maximum Gasteiger partial charge on any atom is 0.387 e. The van der Waals surface area contributed by atoms with Crippen LogP contribution in [0.15, 0.2) is 17.1 Å². The van der Waals surface area contributed by atoms with Gasteiger partial charge in [0, 0.05) is 31.8 Å². The predicted octanol–water partition coefficient (Wildman–Crippen LogP) is 2.87. The van der Waals surface area contributed by atoms with Crippen LogP contribution >= 0.6 is 0 Å². The van der Waals surface area contributed by atoms with E-state index in [1.54, 1.807) is 13.1 Å². The molecule has 0 atom stereocenters. The van der Waals surface area contributed by atoms with Gasteiger partial charge in [0.15, 0.2) is 17.5 Å². The molecule has 1 aliphatic heterocycles. The number of benzene rings is 1. The summed E-state index contributed by atoms with van der Waals surface area (Å²) in [6, 6.07) is 3.10. The van der Waals surface area contributed by atoms with Gasteiger partial charge in [-0.1, -0.05) is 0 Å². The molecule has 2 N–H and O–H groups in total. The molecular formula is C18H23F2N3O3. The summed E-state index contributed by atoms with van der Waals surface area (Å²) in [6.45, 7) is -1.64. The lowest BCUT2D eigenvalue weighted by Gasteiger charge is -2.19.